The Bertz CT molecular complexity index is 1720. The van der Waals surface area contributed by atoms with Crippen LogP contribution in [0.1, 0.15) is 37.0 Å². The lowest BCUT2D eigenvalue weighted by molar-refractivity contribution is -0.140. The zero-order valence-corrected chi connectivity index (χ0v) is 28.1. The Kier molecular flexibility index (Phi) is 11.8. The lowest BCUT2D eigenvalue weighted by atomic mass is 10.0. The van der Waals surface area contributed by atoms with E-state index in [1.165, 1.54) is 30.2 Å². The number of aryl methyl sites for hydroxylation is 1. The molecule has 0 aliphatic rings. The number of benzene rings is 4. The zero-order valence-electron chi connectivity index (χ0n) is 26.5. The molecule has 0 bridgehead atoms. The number of ether oxygens (including phenoxy) is 1. The van der Waals surface area contributed by atoms with E-state index >= 15 is 0 Å². The highest BCUT2D eigenvalue weighted by Crippen LogP contribution is 2.32. The highest BCUT2D eigenvalue weighted by Gasteiger charge is 2.35. The van der Waals surface area contributed by atoms with Crippen LogP contribution in [-0.4, -0.2) is 50.9 Å². The summed E-state index contributed by atoms with van der Waals surface area (Å²) in [5.41, 5.74) is 2.90. The first kappa shape index (κ1) is 34.5. The maximum Gasteiger partial charge on any atom is 0.264 e. The van der Waals surface area contributed by atoms with Crippen LogP contribution < -0.4 is 14.4 Å². The van der Waals surface area contributed by atoms with E-state index in [1.807, 2.05) is 75.4 Å². The molecule has 4 aromatic carbocycles. The summed E-state index contributed by atoms with van der Waals surface area (Å²) < 4.78 is 34.6. The van der Waals surface area contributed by atoms with Gasteiger partial charge in [-0.25, -0.2) is 8.42 Å². The van der Waals surface area contributed by atoms with Crippen LogP contribution in [0.2, 0.25) is 5.02 Å². The Balaban J connectivity index is 1.82. The van der Waals surface area contributed by atoms with Crippen molar-refractivity contribution in [3.05, 3.63) is 125 Å². The summed E-state index contributed by atoms with van der Waals surface area (Å²) in [4.78, 5) is 30.0. The number of hydrogen-bond donors (Lipinski definition) is 1. The van der Waals surface area contributed by atoms with Gasteiger partial charge in [0.15, 0.2) is 0 Å². The van der Waals surface area contributed by atoms with Gasteiger partial charge in [0.25, 0.3) is 10.0 Å². The molecular formula is C36H40ClN3O5S. The summed E-state index contributed by atoms with van der Waals surface area (Å²) in [5, 5.41) is 3.23. The molecule has 0 spiro atoms. The molecule has 0 aromatic heterocycles. The van der Waals surface area contributed by atoms with Crippen LogP contribution >= 0.6 is 11.6 Å². The lowest BCUT2D eigenvalue weighted by Crippen LogP contribution is -2.54. The first-order valence-corrected chi connectivity index (χ1v) is 17.0. The Morgan fingerprint density at radius 3 is 2.11 bits per heavy atom. The number of carbonyl (C=O) groups is 2. The van der Waals surface area contributed by atoms with Crippen molar-refractivity contribution in [2.75, 3.05) is 18.0 Å². The third kappa shape index (κ3) is 8.68. The van der Waals surface area contributed by atoms with E-state index in [1.54, 1.807) is 30.3 Å². The fraction of sp³-hybridized carbons (Fsp3) is 0.278. The highest BCUT2D eigenvalue weighted by molar-refractivity contribution is 7.92. The SMILES string of the molecule is CC[C@@H](C)NC(=O)[C@H](Cc1ccccc1)N(Cc1ccc(C)cc1)C(=O)CN(c1ccc(OC)c(Cl)c1)S(=O)(=O)c1ccccc1. The predicted octanol–water partition coefficient (Wildman–Crippen LogP) is 6.41. The van der Waals surface area contributed by atoms with Gasteiger partial charge in [-0.3, -0.25) is 13.9 Å². The Morgan fingerprint density at radius 2 is 1.52 bits per heavy atom. The smallest absolute Gasteiger partial charge is 0.264 e. The number of nitrogens with zero attached hydrogens (tertiary/aromatic N) is 2. The summed E-state index contributed by atoms with van der Waals surface area (Å²) >= 11 is 6.44. The molecule has 0 fully saturated rings. The van der Waals surface area contributed by atoms with Gasteiger partial charge in [0, 0.05) is 19.0 Å². The van der Waals surface area contributed by atoms with Crippen molar-refractivity contribution >= 4 is 39.1 Å². The van der Waals surface area contributed by atoms with Gasteiger partial charge in [0.05, 0.1) is 22.7 Å². The fourth-order valence-electron chi connectivity index (χ4n) is 4.94. The summed E-state index contributed by atoms with van der Waals surface area (Å²) in [6.07, 6.45) is 0.942. The van der Waals surface area contributed by atoms with E-state index in [-0.39, 0.29) is 40.5 Å². The molecule has 2 atom stereocenters. The molecule has 0 aliphatic heterocycles. The minimum Gasteiger partial charge on any atom is -0.495 e. The maximum atomic E-state index is 14.6. The fourth-order valence-corrected chi connectivity index (χ4v) is 6.62. The highest BCUT2D eigenvalue weighted by atomic mass is 35.5. The number of sulfonamides is 1. The number of halogens is 1. The number of hydrogen-bond acceptors (Lipinski definition) is 5. The van der Waals surface area contributed by atoms with Crippen LogP contribution in [0.5, 0.6) is 5.75 Å². The first-order chi connectivity index (χ1) is 22.0. The minimum atomic E-state index is -4.24. The summed E-state index contributed by atoms with van der Waals surface area (Å²) in [6.45, 7) is 5.36. The van der Waals surface area contributed by atoms with E-state index in [2.05, 4.69) is 5.32 Å². The second kappa shape index (κ2) is 15.8. The van der Waals surface area contributed by atoms with E-state index in [0.717, 1.165) is 21.0 Å². The number of anilines is 1. The van der Waals surface area contributed by atoms with Crippen molar-refractivity contribution in [2.24, 2.45) is 0 Å². The molecule has 242 valence electrons. The molecule has 8 nitrogen and oxygen atoms in total. The second-order valence-corrected chi connectivity index (χ2v) is 13.4. The molecule has 46 heavy (non-hydrogen) atoms. The van der Waals surface area contributed by atoms with Crippen LogP contribution in [-0.2, 0) is 32.6 Å². The predicted molar refractivity (Wildman–Crippen MR) is 183 cm³/mol. The topological polar surface area (TPSA) is 96.0 Å². The van der Waals surface area contributed by atoms with Crippen LogP contribution in [0.3, 0.4) is 0 Å². The molecule has 4 aromatic rings. The van der Waals surface area contributed by atoms with Gasteiger partial charge in [-0.2, -0.15) is 0 Å². The summed E-state index contributed by atoms with van der Waals surface area (Å²) in [6, 6.07) is 28.5. The molecule has 0 heterocycles. The van der Waals surface area contributed by atoms with Crippen LogP contribution in [0.15, 0.2) is 108 Å². The number of carbonyl (C=O) groups excluding carboxylic acids is 2. The standard InChI is InChI=1S/C36H40ClN3O5S/c1-5-27(3)38-36(42)33(22-28-12-8-6-9-13-28)39(24-29-18-16-26(2)17-19-29)35(41)25-40(30-20-21-34(45-4)32(37)23-30)46(43,44)31-14-10-7-11-15-31/h6-21,23,27,33H,5,22,24-25H2,1-4H3,(H,38,42)/t27-,33+/m1/s1. The molecule has 0 radical (unpaired) electrons. The average molecular weight is 662 g/mol. The number of rotatable bonds is 14. The van der Waals surface area contributed by atoms with Gasteiger partial charge < -0.3 is 15.0 Å². The number of nitrogens with one attached hydrogen (secondary N) is 1. The molecule has 0 saturated carbocycles. The molecule has 0 saturated heterocycles. The third-order valence-electron chi connectivity index (χ3n) is 7.78. The Morgan fingerprint density at radius 1 is 0.891 bits per heavy atom. The molecule has 0 unspecified atom stereocenters. The Labute approximate surface area is 277 Å². The monoisotopic (exact) mass is 661 g/mol. The summed E-state index contributed by atoms with van der Waals surface area (Å²) in [5.74, 6) is -0.504. The van der Waals surface area contributed by atoms with Crippen molar-refractivity contribution in [2.45, 2.75) is 57.1 Å². The van der Waals surface area contributed by atoms with E-state index in [9.17, 15) is 18.0 Å². The third-order valence-corrected chi connectivity index (χ3v) is 9.86. The van der Waals surface area contributed by atoms with Gasteiger partial charge in [0.1, 0.15) is 18.3 Å². The molecule has 4 rings (SSSR count). The Hall–Kier alpha value is -4.34. The largest absolute Gasteiger partial charge is 0.495 e. The van der Waals surface area contributed by atoms with Gasteiger partial charge >= 0.3 is 0 Å². The van der Waals surface area contributed by atoms with Crippen molar-refractivity contribution < 1.29 is 22.7 Å². The van der Waals surface area contributed by atoms with Gasteiger partial charge in [0.2, 0.25) is 11.8 Å². The molecule has 1 N–H and O–H groups in total. The van der Waals surface area contributed by atoms with Crippen LogP contribution in [0.4, 0.5) is 5.69 Å². The average Bonchev–Trinajstić information content (AvgIpc) is 3.06. The molecule has 2 amide bonds. The molecule has 0 aliphatic carbocycles. The lowest BCUT2D eigenvalue weighted by Gasteiger charge is -2.34. The molecule has 10 heteroatoms. The van der Waals surface area contributed by atoms with Crippen LogP contribution in [0, 0.1) is 6.92 Å². The number of methoxy groups -OCH3 is 1. The van der Waals surface area contributed by atoms with E-state index < -0.39 is 28.5 Å². The maximum absolute atomic E-state index is 14.6. The van der Waals surface area contributed by atoms with Gasteiger partial charge in [-0.15, -0.1) is 0 Å². The van der Waals surface area contributed by atoms with E-state index in [4.69, 9.17) is 16.3 Å². The summed E-state index contributed by atoms with van der Waals surface area (Å²) in [7, 11) is -2.78. The van der Waals surface area contributed by atoms with Crippen molar-refractivity contribution in [1.82, 2.24) is 10.2 Å². The minimum absolute atomic E-state index is 0.00942. The second-order valence-electron chi connectivity index (χ2n) is 11.2. The van der Waals surface area contributed by atoms with Gasteiger partial charge in [-0.05, 0) is 61.7 Å². The van der Waals surface area contributed by atoms with Crippen molar-refractivity contribution in [3.63, 3.8) is 0 Å². The first-order valence-electron chi connectivity index (χ1n) is 15.1. The van der Waals surface area contributed by atoms with Crippen molar-refractivity contribution in [3.8, 4) is 5.75 Å². The quantitative estimate of drug-likeness (QED) is 0.169. The normalized spacial score (nSPS) is 12.5. The number of amides is 2. The molecular weight excluding hydrogens is 622 g/mol. The van der Waals surface area contributed by atoms with Crippen LogP contribution in [0.25, 0.3) is 0 Å². The van der Waals surface area contributed by atoms with Crippen molar-refractivity contribution in [1.29, 1.82) is 0 Å². The zero-order chi connectivity index (χ0) is 33.3. The van der Waals surface area contributed by atoms with E-state index in [0.29, 0.717) is 12.2 Å². The van der Waals surface area contributed by atoms with Gasteiger partial charge in [-0.1, -0.05) is 96.9 Å².